The fourth-order valence-corrected chi connectivity index (χ4v) is 3.15. The Bertz CT molecular complexity index is 785. The molecule has 0 saturated heterocycles. The fourth-order valence-electron chi connectivity index (χ4n) is 2.61. The molecule has 3 rings (SSSR count). The standard InChI is InChI=1S/C21H20BrNO/c1-24-21-12-11-19(13-20(21)22)18-9-7-17(8-10-18)15-23-14-16-5-3-2-4-6-16/h2-13,23H,14-15H2,1H3. The second-order valence-corrected chi connectivity index (χ2v) is 6.49. The van der Waals surface area contributed by atoms with Crippen molar-refractivity contribution in [1.29, 1.82) is 0 Å². The molecular weight excluding hydrogens is 362 g/mol. The monoisotopic (exact) mass is 381 g/mol. The van der Waals surface area contributed by atoms with Crippen LogP contribution in [0.5, 0.6) is 5.75 Å². The van der Waals surface area contributed by atoms with Gasteiger partial charge in [0.2, 0.25) is 0 Å². The first kappa shape index (κ1) is 16.7. The zero-order chi connectivity index (χ0) is 16.8. The smallest absolute Gasteiger partial charge is 0.133 e. The van der Waals surface area contributed by atoms with Gasteiger partial charge in [0.15, 0.2) is 0 Å². The van der Waals surface area contributed by atoms with Gasteiger partial charge in [-0.2, -0.15) is 0 Å². The highest BCUT2D eigenvalue weighted by molar-refractivity contribution is 9.10. The van der Waals surface area contributed by atoms with Crippen LogP contribution in [-0.2, 0) is 13.1 Å². The summed E-state index contributed by atoms with van der Waals surface area (Å²) in [5, 5.41) is 3.48. The van der Waals surface area contributed by atoms with Crippen LogP contribution in [0.1, 0.15) is 11.1 Å². The zero-order valence-corrected chi connectivity index (χ0v) is 15.2. The Hall–Kier alpha value is -2.10. The van der Waals surface area contributed by atoms with Crippen LogP contribution < -0.4 is 10.1 Å². The Morgan fingerprint density at radius 2 is 1.42 bits per heavy atom. The summed E-state index contributed by atoms with van der Waals surface area (Å²) in [5.41, 5.74) is 4.95. The van der Waals surface area contributed by atoms with Crippen LogP contribution in [0.2, 0.25) is 0 Å². The molecule has 0 atom stereocenters. The third-order valence-corrected chi connectivity index (χ3v) is 4.56. The molecule has 2 nitrogen and oxygen atoms in total. The van der Waals surface area contributed by atoms with Gasteiger partial charge in [0.1, 0.15) is 5.75 Å². The molecule has 0 saturated carbocycles. The van der Waals surface area contributed by atoms with Crippen LogP contribution in [0.4, 0.5) is 0 Å². The molecule has 122 valence electrons. The first-order valence-electron chi connectivity index (χ1n) is 7.94. The van der Waals surface area contributed by atoms with Crippen molar-refractivity contribution in [3.8, 4) is 16.9 Å². The maximum Gasteiger partial charge on any atom is 0.133 e. The lowest BCUT2D eigenvalue weighted by atomic mass is 10.0. The van der Waals surface area contributed by atoms with Crippen LogP contribution in [0.15, 0.2) is 77.3 Å². The van der Waals surface area contributed by atoms with Gasteiger partial charge in [0.25, 0.3) is 0 Å². The number of methoxy groups -OCH3 is 1. The normalized spacial score (nSPS) is 10.6. The van der Waals surface area contributed by atoms with Crippen molar-refractivity contribution in [2.24, 2.45) is 0 Å². The predicted molar refractivity (Wildman–Crippen MR) is 103 cm³/mol. The Morgan fingerprint density at radius 1 is 0.792 bits per heavy atom. The minimum atomic E-state index is 0.848. The van der Waals surface area contributed by atoms with E-state index < -0.39 is 0 Å². The van der Waals surface area contributed by atoms with E-state index in [-0.39, 0.29) is 0 Å². The summed E-state index contributed by atoms with van der Waals surface area (Å²) in [4.78, 5) is 0. The number of hydrogen-bond acceptors (Lipinski definition) is 2. The molecule has 0 bridgehead atoms. The van der Waals surface area contributed by atoms with Crippen molar-refractivity contribution in [3.05, 3.63) is 88.4 Å². The van der Waals surface area contributed by atoms with Gasteiger partial charge in [-0.15, -0.1) is 0 Å². The lowest BCUT2D eigenvalue weighted by molar-refractivity contribution is 0.412. The molecule has 3 heteroatoms. The van der Waals surface area contributed by atoms with Crippen molar-refractivity contribution < 1.29 is 4.74 Å². The Kier molecular flexibility index (Phi) is 5.68. The summed E-state index contributed by atoms with van der Waals surface area (Å²) < 4.78 is 6.25. The zero-order valence-electron chi connectivity index (χ0n) is 13.6. The molecule has 1 N–H and O–H groups in total. The van der Waals surface area contributed by atoms with Crippen LogP contribution in [0, 0.1) is 0 Å². The summed E-state index contributed by atoms with van der Waals surface area (Å²) in [5.74, 6) is 0.848. The second-order valence-electron chi connectivity index (χ2n) is 5.64. The fraction of sp³-hybridized carbons (Fsp3) is 0.143. The van der Waals surface area contributed by atoms with E-state index in [0.717, 1.165) is 23.3 Å². The first-order valence-corrected chi connectivity index (χ1v) is 8.73. The molecule has 0 amide bonds. The Labute approximate surface area is 151 Å². The summed E-state index contributed by atoms with van der Waals surface area (Å²) in [6.07, 6.45) is 0. The van der Waals surface area contributed by atoms with Crippen molar-refractivity contribution in [2.45, 2.75) is 13.1 Å². The molecule has 0 aliphatic heterocycles. The van der Waals surface area contributed by atoms with Crippen LogP contribution >= 0.6 is 15.9 Å². The molecule has 0 aliphatic carbocycles. The minimum absolute atomic E-state index is 0.848. The number of rotatable bonds is 6. The minimum Gasteiger partial charge on any atom is -0.496 e. The lowest BCUT2D eigenvalue weighted by Gasteiger charge is -2.08. The van der Waals surface area contributed by atoms with Gasteiger partial charge < -0.3 is 10.1 Å². The Balaban J connectivity index is 1.62. The second kappa shape index (κ2) is 8.13. The van der Waals surface area contributed by atoms with Gasteiger partial charge in [0, 0.05) is 13.1 Å². The molecule has 0 radical (unpaired) electrons. The topological polar surface area (TPSA) is 21.3 Å². The number of halogens is 1. The van der Waals surface area contributed by atoms with Gasteiger partial charge >= 0.3 is 0 Å². The summed E-state index contributed by atoms with van der Waals surface area (Å²) in [7, 11) is 1.68. The molecular formula is C21H20BrNO. The first-order chi connectivity index (χ1) is 11.8. The van der Waals surface area contributed by atoms with Gasteiger partial charge in [-0.25, -0.2) is 0 Å². The van der Waals surface area contributed by atoms with Gasteiger partial charge in [-0.05, 0) is 50.3 Å². The SMILES string of the molecule is COc1ccc(-c2ccc(CNCc3ccccc3)cc2)cc1Br. The molecule has 0 spiro atoms. The van der Waals surface area contributed by atoms with E-state index in [1.54, 1.807) is 7.11 Å². The number of benzene rings is 3. The van der Waals surface area contributed by atoms with Crippen molar-refractivity contribution in [1.82, 2.24) is 5.32 Å². The largest absolute Gasteiger partial charge is 0.496 e. The summed E-state index contributed by atoms with van der Waals surface area (Å²) >= 11 is 3.54. The molecule has 0 aromatic heterocycles. The van der Waals surface area contributed by atoms with E-state index in [0.29, 0.717) is 0 Å². The van der Waals surface area contributed by atoms with Crippen LogP contribution in [0.3, 0.4) is 0 Å². The maximum absolute atomic E-state index is 5.28. The maximum atomic E-state index is 5.28. The highest BCUT2D eigenvalue weighted by Crippen LogP contribution is 2.30. The molecule has 0 heterocycles. The van der Waals surface area contributed by atoms with Crippen LogP contribution in [0.25, 0.3) is 11.1 Å². The number of ether oxygens (including phenoxy) is 1. The van der Waals surface area contributed by atoms with E-state index in [1.807, 2.05) is 12.1 Å². The van der Waals surface area contributed by atoms with Crippen molar-refractivity contribution in [3.63, 3.8) is 0 Å². The molecule has 0 aliphatic rings. The van der Waals surface area contributed by atoms with Crippen molar-refractivity contribution in [2.75, 3.05) is 7.11 Å². The lowest BCUT2D eigenvalue weighted by Crippen LogP contribution is -2.12. The van der Waals surface area contributed by atoms with E-state index in [9.17, 15) is 0 Å². The van der Waals surface area contributed by atoms with Gasteiger partial charge in [-0.1, -0.05) is 60.7 Å². The third kappa shape index (κ3) is 4.25. The summed E-state index contributed by atoms with van der Waals surface area (Å²) in [6, 6.07) is 25.3. The highest BCUT2D eigenvalue weighted by Gasteiger charge is 2.04. The van der Waals surface area contributed by atoms with Crippen molar-refractivity contribution >= 4 is 15.9 Å². The molecule has 0 fully saturated rings. The van der Waals surface area contributed by atoms with E-state index in [1.165, 1.54) is 22.3 Å². The quantitative estimate of drug-likeness (QED) is 0.615. The summed E-state index contributed by atoms with van der Waals surface area (Å²) in [6.45, 7) is 1.75. The third-order valence-electron chi connectivity index (χ3n) is 3.94. The van der Waals surface area contributed by atoms with E-state index >= 15 is 0 Å². The number of nitrogens with one attached hydrogen (secondary N) is 1. The molecule has 24 heavy (non-hydrogen) atoms. The average Bonchev–Trinajstić information content (AvgIpc) is 2.63. The highest BCUT2D eigenvalue weighted by atomic mass is 79.9. The molecule has 3 aromatic rings. The number of hydrogen-bond donors (Lipinski definition) is 1. The van der Waals surface area contributed by atoms with Crippen LogP contribution in [-0.4, -0.2) is 7.11 Å². The molecule has 3 aromatic carbocycles. The van der Waals surface area contributed by atoms with Gasteiger partial charge in [0.05, 0.1) is 11.6 Å². The van der Waals surface area contributed by atoms with E-state index in [4.69, 9.17) is 4.74 Å². The van der Waals surface area contributed by atoms with Gasteiger partial charge in [-0.3, -0.25) is 0 Å². The predicted octanol–water partition coefficient (Wildman–Crippen LogP) is 5.41. The Morgan fingerprint density at radius 3 is 2.04 bits per heavy atom. The molecule has 0 unspecified atom stereocenters. The average molecular weight is 382 g/mol. The van der Waals surface area contributed by atoms with E-state index in [2.05, 4.69) is 81.9 Å².